The first-order valence-electron chi connectivity index (χ1n) is 5.68. The fraction of sp³-hybridized carbons (Fsp3) is 0.583. The topological polar surface area (TPSA) is 25.4 Å². The summed E-state index contributed by atoms with van der Waals surface area (Å²) in [6.07, 6.45) is 3.30. The van der Waals surface area contributed by atoms with Gasteiger partial charge in [-0.15, -0.1) is 0 Å². The molecule has 0 radical (unpaired) electrons. The molecule has 1 fully saturated rings. The Hall–Kier alpha value is -0.450. The fourth-order valence-corrected chi connectivity index (χ4v) is 2.19. The third-order valence-corrected chi connectivity index (χ3v) is 3.18. The molecule has 2 rings (SSSR count). The monoisotopic (exact) mass is 284 g/mol. The van der Waals surface area contributed by atoms with Crippen LogP contribution in [0.4, 0.5) is 0 Å². The van der Waals surface area contributed by atoms with Crippen LogP contribution in [0.25, 0.3) is 0 Å². The van der Waals surface area contributed by atoms with Gasteiger partial charge in [-0.3, -0.25) is 9.88 Å². The van der Waals surface area contributed by atoms with Gasteiger partial charge in [0.2, 0.25) is 0 Å². The molecule has 0 spiro atoms. The maximum Gasteiger partial charge on any atom is 0.0674 e. The molecule has 0 aliphatic carbocycles. The molecule has 88 valence electrons. The number of nitrogens with zero attached hydrogens (tertiary/aromatic N) is 2. The third-order valence-electron chi connectivity index (χ3n) is 2.71. The predicted molar refractivity (Wildman–Crippen MR) is 67.2 cm³/mol. The molecule has 0 aromatic carbocycles. The van der Waals surface area contributed by atoms with E-state index in [4.69, 9.17) is 4.74 Å². The van der Waals surface area contributed by atoms with Crippen LogP contribution in [0.15, 0.2) is 22.8 Å². The second-order valence-electron chi connectivity index (χ2n) is 4.24. The smallest absolute Gasteiger partial charge is 0.0674 e. The number of halogens is 1. The fourth-order valence-electron chi connectivity index (χ4n) is 1.95. The van der Waals surface area contributed by atoms with Gasteiger partial charge in [-0.25, -0.2) is 0 Å². The van der Waals surface area contributed by atoms with Crippen molar-refractivity contribution >= 4 is 15.9 Å². The van der Waals surface area contributed by atoms with Crippen molar-refractivity contribution < 1.29 is 4.74 Å². The summed E-state index contributed by atoms with van der Waals surface area (Å²) < 4.78 is 6.65. The number of aromatic nitrogens is 1. The Morgan fingerprint density at radius 3 is 3.19 bits per heavy atom. The lowest BCUT2D eigenvalue weighted by atomic mass is 10.3. The summed E-state index contributed by atoms with van der Waals surface area (Å²) in [7, 11) is 0. The minimum absolute atomic E-state index is 0.331. The lowest BCUT2D eigenvalue weighted by Gasteiger charge is -2.21. The van der Waals surface area contributed by atoms with Crippen molar-refractivity contribution in [3.05, 3.63) is 28.5 Å². The summed E-state index contributed by atoms with van der Waals surface area (Å²) in [6, 6.07) is 4.11. The average molecular weight is 285 g/mol. The van der Waals surface area contributed by atoms with Gasteiger partial charge < -0.3 is 4.74 Å². The molecule has 0 bridgehead atoms. The second kappa shape index (κ2) is 5.75. The van der Waals surface area contributed by atoms with Gasteiger partial charge in [0.05, 0.1) is 11.8 Å². The van der Waals surface area contributed by atoms with Crippen LogP contribution < -0.4 is 0 Å². The molecule has 0 amide bonds. The highest BCUT2D eigenvalue weighted by Crippen LogP contribution is 2.11. The summed E-state index contributed by atoms with van der Waals surface area (Å²) in [5.41, 5.74) is 1.12. The molecule has 1 atom stereocenters. The maximum atomic E-state index is 5.62. The van der Waals surface area contributed by atoms with Gasteiger partial charge in [-0.1, -0.05) is 0 Å². The van der Waals surface area contributed by atoms with Crippen LogP contribution in [0.2, 0.25) is 0 Å². The first-order chi connectivity index (χ1) is 7.74. The van der Waals surface area contributed by atoms with Crippen molar-refractivity contribution in [1.29, 1.82) is 0 Å². The lowest BCUT2D eigenvalue weighted by molar-refractivity contribution is 0.0666. The Kier molecular flexibility index (Phi) is 4.32. The minimum atomic E-state index is 0.331. The summed E-state index contributed by atoms with van der Waals surface area (Å²) in [5.74, 6) is 0. The zero-order valence-electron chi connectivity index (χ0n) is 9.53. The highest BCUT2D eigenvalue weighted by Gasteiger charge is 2.15. The molecule has 4 heteroatoms. The maximum absolute atomic E-state index is 5.62. The van der Waals surface area contributed by atoms with Crippen molar-refractivity contribution in [1.82, 2.24) is 9.88 Å². The van der Waals surface area contributed by atoms with Crippen molar-refractivity contribution in [3.63, 3.8) is 0 Å². The average Bonchev–Trinajstić information content (AvgIpc) is 2.46. The van der Waals surface area contributed by atoms with E-state index in [0.29, 0.717) is 6.10 Å². The Balaban J connectivity index is 1.95. The van der Waals surface area contributed by atoms with E-state index in [2.05, 4.69) is 38.8 Å². The Bertz CT molecular complexity index is 328. The standard InChI is InChI=1S/C12H17BrN2O/c1-10-8-15(5-2-6-16-10)9-12-4-3-11(13)7-14-12/h3-4,7,10H,2,5-6,8-9H2,1H3. The van der Waals surface area contributed by atoms with Gasteiger partial charge in [0.1, 0.15) is 0 Å². The zero-order valence-corrected chi connectivity index (χ0v) is 11.1. The minimum Gasteiger partial charge on any atom is -0.377 e. The summed E-state index contributed by atoms with van der Waals surface area (Å²) in [5, 5.41) is 0. The van der Waals surface area contributed by atoms with E-state index in [1.807, 2.05) is 12.3 Å². The molecule has 1 saturated heterocycles. The van der Waals surface area contributed by atoms with E-state index in [-0.39, 0.29) is 0 Å². The lowest BCUT2D eigenvalue weighted by Crippen LogP contribution is -2.30. The molecule has 1 aliphatic heterocycles. The van der Waals surface area contributed by atoms with E-state index < -0.39 is 0 Å². The molecular weight excluding hydrogens is 268 g/mol. The number of ether oxygens (including phenoxy) is 1. The first kappa shape index (κ1) is 12.0. The van der Waals surface area contributed by atoms with Crippen LogP contribution in [0.1, 0.15) is 19.0 Å². The van der Waals surface area contributed by atoms with Gasteiger partial charge in [0.25, 0.3) is 0 Å². The molecule has 2 heterocycles. The van der Waals surface area contributed by atoms with Gasteiger partial charge >= 0.3 is 0 Å². The van der Waals surface area contributed by atoms with E-state index in [1.165, 1.54) is 0 Å². The molecule has 1 unspecified atom stereocenters. The van der Waals surface area contributed by atoms with Crippen LogP contribution in [-0.2, 0) is 11.3 Å². The van der Waals surface area contributed by atoms with Crippen molar-refractivity contribution in [2.75, 3.05) is 19.7 Å². The highest BCUT2D eigenvalue weighted by molar-refractivity contribution is 9.10. The van der Waals surface area contributed by atoms with Gasteiger partial charge in [0, 0.05) is 36.9 Å². The molecule has 1 aromatic rings. The molecular formula is C12H17BrN2O. The van der Waals surface area contributed by atoms with E-state index >= 15 is 0 Å². The highest BCUT2D eigenvalue weighted by atomic mass is 79.9. The Labute approximate surface area is 105 Å². The number of rotatable bonds is 2. The molecule has 0 N–H and O–H groups in total. The molecule has 1 aliphatic rings. The van der Waals surface area contributed by atoms with E-state index in [1.54, 1.807) is 0 Å². The third kappa shape index (κ3) is 3.54. The summed E-state index contributed by atoms with van der Waals surface area (Å²) in [6.45, 7) is 6.03. The van der Waals surface area contributed by atoms with E-state index in [0.717, 1.165) is 42.8 Å². The molecule has 1 aromatic heterocycles. The van der Waals surface area contributed by atoms with Gasteiger partial charge in [-0.05, 0) is 41.4 Å². The predicted octanol–water partition coefficient (Wildman–Crippen LogP) is 2.45. The van der Waals surface area contributed by atoms with Crippen LogP contribution in [0.3, 0.4) is 0 Å². The van der Waals surface area contributed by atoms with Crippen LogP contribution in [0.5, 0.6) is 0 Å². The number of hydrogen-bond donors (Lipinski definition) is 0. The normalized spacial score (nSPS) is 23.0. The Morgan fingerprint density at radius 1 is 1.56 bits per heavy atom. The van der Waals surface area contributed by atoms with Crippen LogP contribution >= 0.6 is 15.9 Å². The van der Waals surface area contributed by atoms with Crippen molar-refractivity contribution in [2.45, 2.75) is 26.0 Å². The number of pyridine rings is 1. The largest absolute Gasteiger partial charge is 0.377 e. The molecule has 16 heavy (non-hydrogen) atoms. The van der Waals surface area contributed by atoms with Crippen LogP contribution in [-0.4, -0.2) is 35.7 Å². The summed E-state index contributed by atoms with van der Waals surface area (Å²) >= 11 is 3.40. The SMILES string of the molecule is CC1CN(Cc2ccc(Br)cn2)CCCO1. The van der Waals surface area contributed by atoms with Crippen LogP contribution in [0, 0.1) is 0 Å². The first-order valence-corrected chi connectivity index (χ1v) is 6.48. The van der Waals surface area contributed by atoms with Gasteiger partial charge in [0.15, 0.2) is 0 Å². The van der Waals surface area contributed by atoms with Gasteiger partial charge in [-0.2, -0.15) is 0 Å². The summed E-state index contributed by atoms with van der Waals surface area (Å²) in [4.78, 5) is 6.81. The second-order valence-corrected chi connectivity index (χ2v) is 5.15. The molecule has 0 saturated carbocycles. The number of hydrogen-bond acceptors (Lipinski definition) is 3. The van der Waals surface area contributed by atoms with E-state index in [9.17, 15) is 0 Å². The van der Waals surface area contributed by atoms with Crippen molar-refractivity contribution in [3.8, 4) is 0 Å². The Morgan fingerprint density at radius 2 is 2.44 bits per heavy atom. The zero-order chi connectivity index (χ0) is 11.4. The van der Waals surface area contributed by atoms with Crippen molar-refractivity contribution in [2.24, 2.45) is 0 Å². The quantitative estimate of drug-likeness (QED) is 0.834. The molecule has 3 nitrogen and oxygen atoms in total.